The maximum Gasteiger partial charge on any atom is 0.335 e. The number of carboxylic acids is 1. The van der Waals surface area contributed by atoms with Crippen LogP contribution in [-0.2, 0) is 0 Å². The smallest absolute Gasteiger partial charge is 0.335 e. The number of non-ortho nitro benzene ring substituents is 1. The number of hydrogen-bond donors (Lipinski definition) is 1. The lowest BCUT2D eigenvalue weighted by Gasteiger charge is -2.09. The molecule has 0 fully saturated rings. The number of nitro benzene ring substituents is 1. The molecule has 1 N–H and O–H groups in total. The Balaban J connectivity index is 2.23. The van der Waals surface area contributed by atoms with Gasteiger partial charge in [0, 0.05) is 12.1 Å². The van der Waals surface area contributed by atoms with E-state index < -0.39 is 22.2 Å². The van der Waals surface area contributed by atoms with Gasteiger partial charge in [0.2, 0.25) is 0 Å². The zero-order valence-electron chi connectivity index (χ0n) is 10.5. The number of aromatic carboxylic acids is 1. The molecule has 2 aromatic carbocycles. The number of nitrogens with zero attached hydrogens (tertiary/aromatic N) is 3. The van der Waals surface area contributed by atoms with Gasteiger partial charge in [0.1, 0.15) is 0 Å². The maximum absolute atomic E-state index is 11.3. The Hall–Kier alpha value is -3.29. The van der Waals surface area contributed by atoms with Crippen molar-refractivity contribution in [3.05, 3.63) is 58.1 Å². The molecule has 106 valence electrons. The average molecular weight is 286 g/mol. The fourth-order valence-electron chi connectivity index (χ4n) is 1.50. The predicted octanol–water partition coefficient (Wildman–Crippen LogP) is 2.78. The van der Waals surface area contributed by atoms with Crippen LogP contribution in [0.25, 0.3) is 0 Å². The van der Waals surface area contributed by atoms with E-state index >= 15 is 0 Å². The van der Waals surface area contributed by atoms with Crippen LogP contribution in [0.1, 0.15) is 10.4 Å². The number of benzene rings is 2. The fraction of sp³-hybridized carbons (Fsp3) is 0. The molecule has 8 heteroatoms. The Kier molecular flexibility index (Phi) is 3.89. The molecule has 0 heterocycles. The summed E-state index contributed by atoms with van der Waals surface area (Å²) in [5, 5.41) is 38.2. The lowest BCUT2D eigenvalue weighted by molar-refractivity contribution is -0.384. The molecule has 0 aliphatic carbocycles. The van der Waals surface area contributed by atoms with Gasteiger partial charge in [-0.15, -0.1) is 0 Å². The summed E-state index contributed by atoms with van der Waals surface area (Å²) in [5.74, 6) is -1.95. The number of rotatable bonds is 4. The minimum absolute atomic E-state index is 0.0715. The van der Waals surface area contributed by atoms with Gasteiger partial charge in [-0.1, -0.05) is 11.8 Å². The number of azo groups is 1. The van der Waals surface area contributed by atoms with E-state index in [1.807, 2.05) is 0 Å². The monoisotopic (exact) mass is 286 g/mol. The molecule has 0 unspecified atom stereocenters. The summed E-state index contributed by atoms with van der Waals surface area (Å²) in [4.78, 5) is 20.8. The van der Waals surface area contributed by atoms with E-state index in [0.717, 1.165) is 12.1 Å². The van der Waals surface area contributed by atoms with Crippen LogP contribution in [0.15, 0.2) is 52.7 Å². The van der Waals surface area contributed by atoms with Crippen molar-refractivity contribution in [3.63, 3.8) is 0 Å². The first-order chi connectivity index (χ1) is 9.97. The highest BCUT2D eigenvalue weighted by Crippen LogP contribution is 2.24. The van der Waals surface area contributed by atoms with Gasteiger partial charge < -0.3 is 10.2 Å². The van der Waals surface area contributed by atoms with Gasteiger partial charge in [0.15, 0.2) is 0 Å². The Morgan fingerprint density at radius 3 is 2.19 bits per heavy atom. The highest BCUT2D eigenvalue weighted by atomic mass is 16.6. The second-order valence-electron chi connectivity index (χ2n) is 3.96. The second-order valence-corrected chi connectivity index (χ2v) is 3.96. The zero-order chi connectivity index (χ0) is 15.4. The third-order valence-electron chi connectivity index (χ3n) is 2.54. The lowest BCUT2D eigenvalue weighted by Crippen LogP contribution is -2.02. The van der Waals surface area contributed by atoms with Crippen LogP contribution in [0, 0.1) is 10.1 Å². The van der Waals surface area contributed by atoms with Gasteiger partial charge in [-0.05, 0) is 24.3 Å². The van der Waals surface area contributed by atoms with E-state index in [4.69, 9.17) is 5.11 Å². The summed E-state index contributed by atoms with van der Waals surface area (Å²) in [6.07, 6.45) is 0. The Labute approximate surface area is 118 Å². The molecule has 0 saturated heterocycles. The van der Waals surface area contributed by atoms with Crippen molar-refractivity contribution < 1.29 is 19.9 Å². The van der Waals surface area contributed by atoms with Crippen LogP contribution in [0.3, 0.4) is 0 Å². The summed E-state index contributed by atoms with van der Waals surface area (Å²) in [5.41, 5.74) is 0.0991. The van der Waals surface area contributed by atoms with E-state index in [-0.39, 0.29) is 11.4 Å². The van der Waals surface area contributed by atoms with Gasteiger partial charge >= 0.3 is 5.97 Å². The molecule has 0 aromatic heterocycles. The van der Waals surface area contributed by atoms with Crippen molar-refractivity contribution in [1.82, 2.24) is 0 Å². The van der Waals surface area contributed by atoms with Gasteiger partial charge in [-0.2, -0.15) is 10.2 Å². The Morgan fingerprint density at radius 2 is 1.62 bits per heavy atom. The first kappa shape index (κ1) is 14.1. The van der Waals surface area contributed by atoms with E-state index in [0.29, 0.717) is 5.69 Å². The third-order valence-corrected chi connectivity index (χ3v) is 2.54. The van der Waals surface area contributed by atoms with Crippen molar-refractivity contribution in [2.45, 2.75) is 0 Å². The van der Waals surface area contributed by atoms with Gasteiger partial charge in [-0.3, -0.25) is 10.1 Å². The third kappa shape index (κ3) is 3.38. The van der Waals surface area contributed by atoms with E-state index in [9.17, 15) is 20.0 Å². The largest absolute Gasteiger partial charge is 0.872 e. The van der Waals surface area contributed by atoms with Crippen molar-refractivity contribution in [1.29, 1.82) is 0 Å². The maximum atomic E-state index is 11.3. The first-order valence-electron chi connectivity index (χ1n) is 5.68. The van der Waals surface area contributed by atoms with Crippen LogP contribution >= 0.6 is 0 Å². The van der Waals surface area contributed by atoms with Gasteiger partial charge in [0.25, 0.3) is 5.69 Å². The van der Waals surface area contributed by atoms with Crippen LogP contribution in [0.4, 0.5) is 17.1 Å². The van der Waals surface area contributed by atoms with Gasteiger partial charge in [-0.25, -0.2) is 4.79 Å². The minimum atomic E-state index is -1.34. The van der Waals surface area contributed by atoms with Gasteiger partial charge in [0.05, 0.1) is 21.9 Å². The van der Waals surface area contributed by atoms with Crippen molar-refractivity contribution in [3.8, 4) is 5.75 Å². The molecule has 2 aromatic rings. The van der Waals surface area contributed by atoms with E-state index in [2.05, 4.69) is 10.2 Å². The lowest BCUT2D eigenvalue weighted by atomic mass is 10.2. The SMILES string of the molecule is O=C(O)c1cc(N=Nc2ccc([N+](=O)[O-])cc2)ccc1[O-]. The molecule has 0 aliphatic rings. The number of carbonyl (C=O) groups is 1. The molecular weight excluding hydrogens is 278 g/mol. The second kappa shape index (κ2) is 5.78. The summed E-state index contributed by atoms with van der Waals surface area (Å²) in [6.45, 7) is 0. The van der Waals surface area contributed by atoms with Crippen LogP contribution in [0.5, 0.6) is 5.75 Å². The van der Waals surface area contributed by atoms with E-state index in [1.54, 1.807) is 0 Å². The van der Waals surface area contributed by atoms with Crippen molar-refractivity contribution in [2.24, 2.45) is 10.2 Å². The Bertz CT molecular complexity index is 725. The normalized spacial score (nSPS) is 10.7. The molecule has 0 bridgehead atoms. The number of hydrogen-bond acceptors (Lipinski definition) is 6. The Morgan fingerprint density at radius 1 is 1.05 bits per heavy atom. The molecule has 0 aliphatic heterocycles. The number of carboxylic acid groups (broad SMARTS) is 1. The average Bonchev–Trinajstić information content (AvgIpc) is 2.46. The topological polar surface area (TPSA) is 128 Å². The quantitative estimate of drug-likeness (QED) is 0.525. The van der Waals surface area contributed by atoms with Crippen molar-refractivity contribution >= 4 is 23.0 Å². The standard InChI is InChI=1S/C13H9N3O5/c17-12-6-3-9(7-11(12)13(18)19)15-14-8-1-4-10(5-2-8)16(20)21/h1-7,17H,(H,18,19)/p-1. The number of nitro groups is 1. The molecule has 0 saturated carbocycles. The van der Waals surface area contributed by atoms with E-state index in [1.165, 1.54) is 30.3 Å². The van der Waals surface area contributed by atoms with Crippen molar-refractivity contribution in [2.75, 3.05) is 0 Å². The molecular formula is C13H8N3O5-. The minimum Gasteiger partial charge on any atom is -0.872 e. The first-order valence-corrected chi connectivity index (χ1v) is 5.68. The predicted molar refractivity (Wildman–Crippen MR) is 70.1 cm³/mol. The van der Waals surface area contributed by atoms with Crippen LogP contribution < -0.4 is 5.11 Å². The molecule has 0 amide bonds. The van der Waals surface area contributed by atoms with Crippen LogP contribution in [-0.4, -0.2) is 16.0 Å². The summed E-state index contributed by atoms with van der Waals surface area (Å²) >= 11 is 0. The zero-order valence-corrected chi connectivity index (χ0v) is 10.5. The summed E-state index contributed by atoms with van der Waals surface area (Å²) in [6, 6.07) is 8.90. The summed E-state index contributed by atoms with van der Waals surface area (Å²) in [7, 11) is 0. The molecule has 2 rings (SSSR count). The molecule has 21 heavy (non-hydrogen) atoms. The highest BCUT2D eigenvalue weighted by Gasteiger charge is 2.05. The molecule has 0 radical (unpaired) electrons. The summed E-state index contributed by atoms with van der Waals surface area (Å²) < 4.78 is 0. The molecule has 0 atom stereocenters. The molecule has 0 spiro atoms. The van der Waals surface area contributed by atoms with Crippen LogP contribution in [0.2, 0.25) is 0 Å². The fourth-order valence-corrected chi connectivity index (χ4v) is 1.50. The highest BCUT2D eigenvalue weighted by molar-refractivity contribution is 5.91. The molecule has 8 nitrogen and oxygen atoms in total.